The zero-order chi connectivity index (χ0) is 16.0. The smallest absolute Gasteiger partial charge is 0.254 e. The number of carbonyl (C=O) groups is 2. The van der Waals surface area contributed by atoms with Crippen molar-refractivity contribution in [1.82, 2.24) is 4.90 Å². The van der Waals surface area contributed by atoms with E-state index in [4.69, 9.17) is 0 Å². The summed E-state index contributed by atoms with van der Waals surface area (Å²) in [6, 6.07) is 7.86. The molecule has 1 atom stereocenters. The van der Waals surface area contributed by atoms with E-state index in [0.717, 1.165) is 24.2 Å². The summed E-state index contributed by atoms with van der Waals surface area (Å²) in [5, 5.41) is 4.97. The van der Waals surface area contributed by atoms with E-state index in [1.807, 2.05) is 23.1 Å². The molecule has 2 aromatic rings. The van der Waals surface area contributed by atoms with Gasteiger partial charge in [-0.25, -0.2) is 0 Å². The summed E-state index contributed by atoms with van der Waals surface area (Å²) >= 11 is 1.78. The van der Waals surface area contributed by atoms with Gasteiger partial charge in [0.15, 0.2) is 0 Å². The Labute approximate surface area is 139 Å². The van der Waals surface area contributed by atoms with Crippen molar-refractivity contribution >= 4 is 28.8 Å². The lowest BCUT2D eigenvalue weighted by Gasteiger charge is -2.34. The Morgan fingerprint density at radius 2 is 2.13 bits per heavy atom. The van der Waals surface area contributed by atoms with Crippen molar-refractivity contribution in [2.24, 2.45) is 0 Å². The fourth-order valence-electron chi connectivity index (χ4n) is 3.47. The molecule has 0 fully saturated rings. The number of carbonyl (C=O) groups excluding carboxylic acids is 2. The summed E-state index contributed by atoms with van der Waals surface area (Å²) in [5.74, 6) is 0.125. The predicted octanol–water partition coefficient (Wildman–Crippen LogP) is 3.39. The van der Waals surface area contributed by atoms with E-state index in [2.05, 4.69) is 23.7 Å². The summed E-state index contributed by atoms with van der Waals surface area (Å²) in [6.07, 6.45) is 2.12. The third kappa shape index (κ3) is 2.45. The number of aryl methyl sites for hydroxylation is 1. The van der Waals surface area contributed by atoms with Gasteiger partial charge in [-0.15, -0.1) is 11.3 Å². The van der Waals surface area contributed by atoms with Crippen molar-refractivity contribution in [3.8, 4) is 0 Å². The van der Waals surface area contributed by atoms with E-state index in [1.165, 1.54) is 10.4 Å². The first-order chi connectivity index (χ1) is 11.1. The number of anilines is 1. The molecule has 1 N–H and O–H groups in total. The highest BCUT2D eigenvalue weighted by Gasteiger charge is 2.29. The second-order valence-electron chi connectivity index (χ2n) is 6.14. The van der Waals surface area contributed by atoms with Gasteiger partial charge in [-0.05, 0) is 60.5 Å². The van der Waals surface area contributed by atoms with Crippen LogP contribution < -0.4 is 5.32 Å². The minimum absolute atomic E-state index is 0.0474. The lowest BCUT2D eigenvalue weighted by atomic mass is 9.97. The van der Waals surface area contributed by atoms with Crippen LogP contribution in [0.1, 0.15) is 45.7 Å². The van der Waals surface area contributed by atoms with E-state index >= 15 is 0 Å². The summed E-state index contributed by atoms with van der Waals surface area (Å²) in [7, 11) is 0. The number of thiophene rings is 1. The van der Waals surface area contributed by atoms with Crippen molar-refractivity contribution in [1.29, 1.82) is 0 Å². The molecule has 118 valence electrons. The van der Waals surface area contributed by atoms with E-state index < -0.39 is 0 Å². The molecule has 1 unspecified atom stereocenters. The quantitative estimate of drug-likeness (QED) is 0.873. The number of nitrogens with one attached hydrogen (secondary N) is 1. The Morgan fingerprint density at radius 3 is 3.00 bits per heavy atom. The minimum Gasteiger partial charge on any atom is -0.331 e. The maximum absolute atomic E-state index is 12.9. The molecule has 0 spiro atoms. The Morgan fingerprint density at radius 1 is 1.26 bits per heavy atom. The van der Waals surface area contributed by atoms with Crippen LogP contribution >= 0.6 is 11.3 Å². The van der Waals surface area contributed by atoms with Crippen molar-refractivity contribution in [3.05, 3.63) is 51.2 Å². The molecule has 2 amide bonds. The highest BCUT2D eigenvalue weighted by Crippen LogP contribution is 2.34. The Kier molecular flexibility index (Phi) is 3.45. The highest BCUT2D eigenvalue weighted by atomic mass is 32.1. The maximum atomic E-state index is 12.9. The van der Waals surface area contributed by atoms with Crippen molar-refractivity contribution in [3.63, 3.8) is 0 Å². The van der Waals surface area contributed by atoms with Gasteiger partial charge in [0.2, 0.25) is 5.91 Å². The van der Waals surface area contributed by atoms with Crippen LogP contribution in [0.25, 0.3) is 0 Å². The normalized spacial score (nSPS) is 19.8. The molecule has 5 heteroatoms. The molecular formula is C18H18N2O2S. The zero-order valence-corrected chi connectivity index (χ0v) is 13.8. The first-order valence-electron chi connectivity index (χ1n) is 7.93. The number of hydrogen-bond donors (Lipinski definition) is 1. The monoisotopic (exact) mass is 326 g/mol. The van der Waals surface area contributed by atoms with Crippen molar-refractivity contribution < 1.29 is 9.59 Å². The van der Waals surface area contributed by atoms with Gasteiger partial charge in [-0.3, -0.25) is 9.59 Å². The van der Waals surface area contributed by atoms with E-state index in [1.54, 1.807) is 11.3 Å². The van der Waals surface area contributed by atoms with Crippen molar-refractivity contribution in [2.75, 3.05) is 11.9 Å². The van der Waals surface area contributed by atoms with Gasteiger partial charge >= 0.3 is 0 Å². The predicted molar refractivity (Wildman–Crippen MR) is 90.9 cm³/mol. The molecule has 0 bridgehead atoms. The Balaban J connectivity index is 1.61. The lowest BCUT2D eigenvalue weighted by molar-refractivity contribution is -0.116. The number of nitrogens with zero attached hydrogens (tertiary/aromatic N) is 1. The molecule has 0 saturated carbocycles. The van der Waals surface area contributed by atoms with Gasteiger partial charge in [0.25, 0.3) is 5.91 Å². The van der Waals surface area contributed by atoms with Crippen LogP contribution in [0.4, 0.5) is 5.69 Å². The van der Waals surface area contributed by atoms with E-state index in [0.29, 0.717) is 18.4 Å². The molecule has 0 aliphatic carbocycles. The molecular weight excluding hydrogens is 308 g/mol. The molecule has 2 aliphatic heterocycles. The molecule has 1 aromatic heterocycles. The number of amides is 2. The lowest BCUT2D eigenvalue weighted by Crippen LogP contribution is -2.38. The van der Waals surface area contributed by atoms with Crippen LogP contribution in [0, 0.1) is 0 Å². The summed E-state index contributed by atoms with van der Waals surface area (Å²) in [4.78, 5) is 27.7. The molecule has 4 nitrogen and oxygen atoms in total. The Bertz CT molecular complexity index is 796. The average molecular weight is 326 g/mol. The van der Waals surface area contributed by atoms with Gasteiger partial charge in [-0.2, -0.15) is 0 Å². The fourth-order valence-corrected chi connectivity index (χ4v) is 4.43. The summed E-state index contributed by atoms with van der Waals surface area (Å²) in [6.45, 7) is 2.86. The average Bonchev–Trinajstić information content (AvgIpc) is 3.03. The van der Waals surface area contributed by atoms with Crippen LogP contribution in [0.3, 0.4) is 0 Å². The van der Waals surface area contributed by atoms with Gasteiger partial charge in [0.1, 0.15) is 0 Å². The summed E-state index contributed by atoms with van der Waals surface area (Å²) in [5.41, 5.74) is 3.88. The molecule has 1 aromatic carbocycles. The number of fused-ring (bicyclic) bond motifs is 2. The SMILES string of the molecule is CC1c2ccsc2CCN1C(=O)c1ccc2c(c1)CCC(=O)N2. The molecule has 2 aliphatic rings. The topological polar surface area (TPSA) is 49.4 Å². The van der Waals surface area contributed by atoms with Crippen molar-refractivity contribution in [2.45, 2.75) is 32.2 Å². The first kappa shape index (κ1) is 14.5. The van der Waals surface area contributed by atoms with Crippen LogP contribution in [0.15, 0.2) is 29.6 Å². The number of rotatable bonds is 1. The Hall–Kier alpha value is -2.14. The van der Waals surface area contributed by atoms with Gasteiger partial charge in [0.05, 0.1) is 6.04 Å². The largest absolute Gasteiger partial charge is 0.331 e. The third-order valence-corrected chi connectivity index (χ3v) is 5.78. The van der Waals surface area contributed by atoms with E-state index in [9.17, 15) is 9.59 Å². The fraction of sp³-hybridized carbons (Fsp3) is 0.333. The molecule has 4 rings (SSSR count). The first-order valence-corrected chi connectivity index (χ1v) is 8.81. The van der Waals surface area contributed by atoms with Gasteiger partial charge < -0.3 is 10.2 Å². The minimum atomic E-state index is 0.0474. The van der Waals surface area contributed by atoms with Crippen LogP contribution in [0.5, 0.6) is 0 Å². The maximum Gasteiger partial charge on any atom is 0.254 e. The number of hydrogen-bond acceptors (Lipinski definition) is 3. The second-order valence-corrected chi connectivity index (χ2v) is 7.14. The van der Waals surface area contributed by atoms with Crippen LogP contribution in [-0.2, 0) is 17.6 Å². The second kappa shape index (κ2) is 5.49. The standard InChI is InChI=1S/C18H18N2O2S/c1-11-14-7-9-23-16(14)6-8-20(11)18(22)13-2-4-15-12(10-13)3-5-17(21)19-15/h2,4,7,9-11H,3,5-6,8H2,1H3,(H,19,21). The van der Waals surface area contributed by atoms with E-state index in [-0.39, 0.29) is 17.9 Å². The van der Waals surface area contributed by atoms with Gasteiger partial charge in [0, 0.05) is 29.1 Å². The molecule has 3 heterocycles. The van der Waals surface area contributed by atoms with Crippen LogP contribution in [-0.4, -0.2) is 23.3 Å². The summed E-state index contributed by atoms with van der Waals surface area (Å²) < 4.78 is 0. The number of benzene rings is 1. The highest BCUT2D eigenvalue weighted by molar-refractivity contribution is 7.10. The zero-order valence-electron chi connectivity index (χ0n) is 13.0. The van der Waals surface area contributed by atoms with Crippen LogP contribution in [0.2, 0.25) is 0 Å². The van der Waals surface area contributed by atoms with Gasteiger partial charge in [-0.1, -0.05) is 0 Å². The molecule has 23 heavy (non-hydrogen) atoms. The molecule has 0 radical (unpaired) electrons. The molecule has 0 saturated heterocycles. The third-order valence-electron chi connectivity index (χ3n) is 4.79.